The molecule has 0 heterocycles. The predicted octanol–water partition coefficient (Wildman–Crippen LogP) is 4.41. The molecular weight excluding hydrogens is 368 g/mol. The van der Waals surface area contributed by atoms with Crippen molar-refractivity contribution in [1.82, 2.24) is 0 Å². The molecule has 3 aromatic carbocycles. The van der Waals surface area contributed by atoms with E-state index in [4.69, 9.17) is 9.47 Å². The van der Waals surface area contributed by atoms with Gasteiger partial charge in [0.15, 0.2) is 0 Å². The first-order valence-corrected chi connectivity index (χ1v) is 9.05. The van der Waals surface area contributed by atoms with E-state index in [9.17, 15) is 9.59 Å². The van der Waals surface area contributed by atoms with E-state index in [-0.39, 0.29) is 18.3 Å². The van der Waals surface area contributed by atoms with E-state index in [1.165, 1.54) is 7.11 Å². The SMILES string of the molecule is COC(=O)c1cccc(Nc2ccc(NC(=O)Cc3ccc(OC)cc3)cc2)c1. The maximum Gasteiger partial charge on any atom is 0.337 e. The Kier molecular flexibility index (Phi) is 6.47. The minimum atomic E-state index is -0.386. The van der Waals surface area contributed by atoms with E-state index in [0.29, 0.717) is 11.3 Å². The van der Waals surface area contributed by atoms with Gasteiger partial charge in [0, 0.05) is 17.1 Å². The Morgan fingerprint density at radius 3 is 2.17 bits per heavy atom. The lowest BCUT2D eigenvalue weighted by Crippen LogP contribution is -2.14. The van der Waals surface area contributed by atoms with E-state index in [1.807, 2.05) is 54.6 Å². The summed E-state index contributed by atoms with van der Waals surface area (Å²) in [4.78, 5) is 23.9. The van der Waals surface area contributed by atoms with Crippen LogP contribution in [0, 0.1) is 0 Å². The summed E-state index contributed by atoms with van der Waals surface area (Å²) in [6.45, 7) is 0. The maximum absolute atomic E-state index is 12.2. The summed E-state index contributed by atoms with van der Waals surface area (Å²) in [5.74, 6) is 0.277. The van der Waals surface area contributed by atoms with E-state index >= 15 is 0 Å². The molecule has 29 heavy (non-hydrogen) atoms. The normalized spacial score (nSPS) is 10.1. The van der Waals surface area contributed by atoms with Gasteiger partial charge in [-0.25, -0.2) is 4.79 Å². The minimum absolute atomic E-state index is 0.0957. The summed E-state index contributed by atoms with van der Waals surface area (Å²) in [6, 6.07) is 21.8. The molecule has 0 bridgehead atoms. The van der Waals surface area contributed by atoms with Gasteiger partial charge in [-0.15, -0.1) is 0 Å². The smallest absolute Gasteiger partial charge is 0.337 e. The van der Waals surface area contributed by atoms with Gasteiger partial charge in [0.1, 0.15) is 5.75 Å². The van der Waals surface area contributed by atoms with Gasteiger partial charge in [0.2, 0.25) is 5.91 Å². The van der Waals surface area contributed by atoms with Crippen LogP contribution in [-0.2, 0) is 16.0 Å². The average molecular weight is 390 g/mol. The molecule has 1 amide bonds. The number of nitrogens with one attached hydrogen (secondary N) is 2. The molecule has 0 aliphatic heterocycles. The summed E-state index contributed by atoms with van der Waals surface area (Å²) in [6.07, 6.45) is 0.282. The Bertz CT molecular complexity index is 983. The number of hydrogen-bond donors (Lipinski definition) is 2. The number of benzene rings is 3. The van der Waals surface area contributed by atoms with Crippen molar-refractivity contribution in [3.05, 3.63) is 83.9 Å². The van der Waals surface area contributed by atoms with Crippen LogP contribution in [0.5, 0.6) is 5.75 Å². The van der Waals surface area contributed by atoms with E-state index in [2.05, 4.69) is 10.6 Å². The number of amides is 1. The summed E-state index contributed by atoms with van der Waals surface area (Å²) >= 11 is 0. The van der Waals surface area contributed by atoms with Crippen LogP contribution in [0.1, 0.15) is 15.9 Å². The fourth-order valence-electron chi connectivity index (χ4n) is 2.78. The standard InChI is InChI=1S/C23H22N2O4/c1-28-21-12-6-16(7-13-21)14-22(26)25-19-10-8-18(9-11-19)24-20-5-3-4-17(15-20)23(27)29-2/h3-13,15,24H,14H2,1-2H3,(H,25,26). The van der Waals surface area contributed by atoms with Crippen molar-refractivity contribution >= 4 is 28.9 Å². The van der Waals surface area contributed by atoms with Gasteiger partial charge in [0.25, 0.3) is 0 Å². The summed E-state index contributed by atoms with van der Waals surface area (Å²) in [7, 11) is 2.96. The van der Waals surface area contributed by atoms with Gasteiger partial charge in [-0.1, -0.05) is 18.2 Å². The van der Waals surface area contributed by atoms with Crippen molar-refractivity contribution in [3.63, 3.8) is 0 Å². The monoisotopic (exact) mass is 390 g/mol. The lowest BCUT2D eigenvalue weighted by atomic mass is 10.1. The number of carbonyl (C=O) groups excluding carboxylic acids is 2. The second-order valence-electron chi connectivity index (χ2n) is 6.35. The number of ether oxygens (including phenoxy) is 2. The third-order valence-electron chi connectivity index (χ3n) is 4.26. The molecule has 0 radical (unpaired) electrons. The van der Waals surface area contributed by atoms with Crippen LogP contribution >= 0.6 is 0 Å². The van der Waals surface area contributed by atoms with Crippen LogP contribution < -0.4 is 15.4 Å². The van der Waals surface area contributed by atoms with Crippen molar-refractivity contribution in [2.45, 2.75) is 6.42 Å². The molecule has 148 valence electrons. The fourth-order valence-corrected chi connectivity index (χ4v) is 2.78. The molecule has 0 saturated carbocycles. The molecule has 3 aromatic rings. The molecule has 6 nitrogen and oxygen atoms in total. The quantitative estimate of drug-likeness (QED) is 0.585. The van der Waals surface area contributed by atoms with Crippen molar-refractivity contribution in [2.24, 2.45) is 0 Å². The summed E-state index contributed by atoms with van der Waals surface area (Å²) in [5.41, 5.74) is 3.69. The molecule has 0 unspecified atom stereocenters. The number of rotatable bonds is 7. The van der Waals surface area contributed by atoms with Crippen molar-refractivity contribution in [3.8, 4) is 5.75 Å². The Morgan fingerprint density at radius 1 is 0.828 bits per heavy atom. The number of hydrogen-bond acceptors (Lipinski definition) is 5. The van der Waals surface area contributed by atoms with Crippen molar-refractivity contribution < 1.29 is 19.1 Å². The highest BCUT2D eigenvalue weighted by atomic mass is 16.5. The van der Waals surface area contributed by atoms with Gasteiger partial charge in [-0.3, -0.25) is 4.79 Å². The van der Waals surface area contributed by atoms with Crippen molar-refractivity contribution in [1.29, 1.82) is 0 Å². The van der Waals surface area contributed by atoms with Gasteiger partial charge in [-0.2, -0.15) is 0 Å². The number of methoxy groups -OCH3 is 2. The van der Waals surface area contributed by atoms with Gasteiger partial charge >= 0.3 is 5.97 Å². The molecule has 3 rings (SSSR count). The van der Waals surface area contributed by atoms with E-state index in [1.54, 1.807) is 25.3 Å². The van der Waals surface area contributed by atoms with Crippen LogP contribution in [-0.4, -0.2) is 26.1 Å². The Labute approximate surface area is 169 Å². The van der Waals surface area contributed by atoms with E-state index in [0.717, 1.165) is 22.7 Å². The molecule has 0 fully saturated rings. The first kappa shape index (κ1) is 19.9. The second kappa shape index (κ2) is 9.41. The average Bonchev–Trinajstić information content (AvgIpc) is 2.75. The highest BCUT2D eigenvalue weighted by Crippen LogP contribution is 2.20. The Morgan fingerprint density at radius 2 is 1.52 bits per heavy atom. The second-order valence-corrected chi connectivity index (χ2v) is 6.35. The molecule has 0 aliphatic carbocycles. The largest absolute Gasteiger partial charge is 0.497 e. The van der Waals surface area contributed by atoms with Gasteiger partial charge in [-0.05, 0) is 60.2 Å². The molecule has 2 N–H and O–H groups in total. The zero-order valence-electron chi connectivity index (χ0n) is 16.3. The molecule has 0 aromatic heterocycles. The third-order valence-corrected chi connectivity index (χ3v) is 4.26. The molecule has 0 aliphatic rings. The highest BCUT2D eigenvalue weighted by molar-refractivity contribution is 5.92. The molecule has 0 saturated heterocycles. The predicted molar refractivity (Wildman–Crippen MR) is 113 cm³/mol. The third kappa shape index (κ3) is 5.59. The molecule has 6 heteroatoms. The summed E-state index contributed by atoms with van der Waals surface area (Å²) in [5, 5.41) is 6.10. The van der Waals surface area contributed by atoms with Crippen LogP contribution in [0.25, 0.3) is 0 Å². The minimum Gasteiger partial charge on any atom is -0.497 e. The van der Waals surface area contributed by atoms with Crippen LogP contribution in [0.15, 0.2) is 72.8 Å². The zero-order chi connectivity index (χ0) is 20.6. The first-order valence-electron chi connectivity index (χ1n) is 9.05. The lowest BCUT2D eigenvalue weighted by molar-refractivity contribution is -0.115. The lowest BCUT2D eigenvalue weighted by Gasteiger charge is -2.10. The molecular formula is C23H22N2O4. The van der Waals surface area contributed by atoms with Crippen LogP contribution in [0.4, 0.5) is 17.1 Å². The van der Waals surface area contributed by atoms with Crippen LogP contribution in [0.2, 0.25) is 0 Å². The Hall–Kier alpha value is -3.80. The highest BCUT2D eigenvalue weighted by Gasteiger charge is 2.07. The molecule has 0 spiro atoms. The first-order chi connectivity index (χ1) is 14.1. The Balaban J connectivity index is 1.58. The zero-order valence-corrected chi connectivity index (χ0v) is 16.3. The topological polar surface area (TPSA) is 76.7 Å². The maximum atomic E-state index is 12.2. The fraction of sp³-hybridized carbons (Fsp3) is 0.130. The van der Waals surface area contributed by atoms with E-state index < -0.39 is 0 Å². The van der Waals surface area contributed by atoms with Crippen LogP contribution in [0.3, 0.4) is 0 Å². The number of esters is 1. The number of anilines is 3. The van der Waals surface area contributed by atoms with Crippen molar-refractivity contribution in [2.75, 3.05) is 24.9 Å². The number of carbonyl (C=O) groups is 2. The van der Waals surface area contributed by atoms with Gasteiger partial charge in [0.05, 0.1) is 26.2 Å². The van der Waals surface area contributed by atoms with Gasteiger partial charge < -0.3 is 20.1 Å². The molecule has 0 atom stereocenters. The summed E-state index contributed by atoms with van der Waals surface area (Å²) < 4.78 is 9.85.